The number of carbonyl (C=O) groups excluding carboxylic acids is 1. The van der Waals surface area contributed by atoms with Crippen LogP contribution in [0.4, 0.5) is 0 Å². The van der Waals surface area contributed by atoms with Crippen LogP contribution in [0.15, 0.2) is 6.07 Å². The van der Waals surface area contributed by atoms with Gasteiger partial charge in [-0.25, -0.2) is 0 Å². The second-order valence-electron chi connectivity index (χ2n) is 4.63. The van der Waals surface area contributed by atoms with E-state index in [4.69, 9.17) is 0 Å². The highest BCUT2D eigenvalue weighted by Crippen LogP contribution is 2.38. The number of Topliss-reactive ketones (excluding diaryl/α,β-unsaturated/α-hetero) is 1. The fourth-order valence-electron chi connectivity index (χ4n) is 2.28. The first-order chi connectivity index (χ1) is 7.56. The molecule has 0 bridgehead atoms. The molecule has 1 atom stereocenters. The van der Waals surface area contributed by atoms with Gasteiger partial charge in [-0.05, 0) is 39.2 Å². The molecule has 1 aliphatic rings. The number of hydrogen-bond acceptors (Lipinski definition) is 1. The molecule has 0 radical (unpaired) electrons. The number of hydrogen-bond donors (Lipinski definition) is 0. The molecule has 16 heavy (non-hydrogen) atoms. The predicted octanol–water partition coefficient (Wildman–Crippen LogP) is 3.80. The van der Waals surface area contributed by atoms with Crippen LogP contribution in [0.5, 0.6) is 0 Å². The Morgan fingerprint density at radius 1 is 1.56 bits per heavy atom. The van der Waals surface area contributed by atoms with E-state index in [9.17, 15) is 4.79 Å². The monoisotopic (exact) mass is 283 g/mol. The number of aromatic nitrogens is 1. The molecule has 2 rings (SSSR count). The van der Waals surface area contributed by atoms with E-state index in [1.807, 2.05) is 13.0 Å². The van der Waals surface area contributed by atoms with Gasteiger partial charge in [0.25, 0.3) is 0 Å². The van der Waals surface area contributed by atoms with Crippen molar-refractivity contribution in [1.82, 2.24) is 4.57 Å². The first kappa shape index (κ1) is 11.9. The van der Waals surface area contributed by atoms with E-state index < -0.39 is 0 Å². The molecule has 0 aliphatic heterocycles. The molecule has 1 fully saturated rings. The highest BCUT2D eigenvalue weighted by atomic mass is 79.9. The van der Waals surface area contributed by atoms with Crippen molar-refractivity contribution in [3.05, 3.63) is 23.0 Å². The zero-order valence-corrected chi connectivity index (χ0v) is 11.7. The van der Waals surface area contributed by atoms with Crippen molar-refractivity contribution in [2.75, 3.05) is 0 Å². The molecule has 0 saturated heterocycles. The van der Waals surface area contributed by atoms with Gasteiger partial charge in [0, 0.05) is 23.0 Å². The third-order valence-electron chi connectivity index (χ3n) is 3.30. The van der Waals surface area contributed by atoms with Gasteiger partial charge in [-0.3, -0.25) is 4.79 Å². The molecule has 0 amide bonds. The van der Waals surface area contributed by atoms with E-state index in [1.54, 1.807) is 0 Å². The van der Waals surface area contributed by atoms with E-state index in [-0.39, 0.29) is 10.6 Å². The molecule has 3 heteroatoms. The molecule has 1 heterocycles. The smallest absolute Gasteiger partial charge is 0.178 e. The lowest BCUT2D eigenvalue weighted by atomic mass is 10.1. The van der Waals surface area contributed by atoms with E-state index in [1.165, 1.54) is 18.5 Å². The van der Waals surface area contributed by atoms with Gasteiger partial charge in [-0.2, -0.15) is 0 Å². The molecule has 2 nitrogen and oxygen atoms in total. The molecular formula is C13H18BrNO. The summed E-state index contributed by atoms with van der Waals surface area (Å²) in [5.41, 5.74) is 3.26. The summed E-state index contributed by atoms with van der Waals surface area (Å²) in [7, 11) is 0. The zero-order valence-electron chi connectivity index (χ0n) is 10.1. The largest absolute Gasteiger partial charge is 0.345 e. The van der Waals surface area contributed by atoms with Gasteiger partial charge < -0.3 is 4.57 Å². The number of carbonyl (C=O) groups is 1. The van der Waals surface area contributed by atoms with Crippen LogP contribution in [0.3, 0.4) is 0 Å². The van der Waals surface area contributed by atoms with Gasteiger partial charge in [0.1, 0.15) is 0 Å². The minimum atomic E-state index is -0.0411. The normalized spacial score (nSPS) is 17.5. The zero-order chi connectivity index (χ0) is 11.9. The Labute approximate surface area is 105 Å². The highest BCUT2D eigenvalue weighted by molar-refractivity contribution is 9.10. The number of halogens is 1. The number of ketones is 1. The maximum absolute atomic E-state index is 12.1. The molecule has 1 aromatic heterocycles. The van der Waals surface area contributed by atoms with Gasteiger partial charge in [-0.15, -0.1) is 0 Å². The van der Waals surface area contributed by atoms with Crippen molar-refractivity contribution in [2.24, 2.45) is 0 Å². The highest BCUT2D eigenvalue weighted by Gasteiger charge is 2.29. The lowest BCUT2D eigenvalue weighted by Crippen LogP contribution is -2.14. The van der Waals surface area contributed by atoms with Gasteiger partial charge in [0.05, 0.1) is 4.83 Å². The van der Waals surface area contributed by atoms with Crippen LogP contribution in [0.1, 0.15) is 54.0 Å². The quantitative estimate of drug-likeness (QED) is 0.609. The molecular weight excluding hydrogens is 266 g/mol. The SMILES string of the molecule is CCC(Br)C(=O)c1cc(C)n(C2CC2)c1C. The fraction of sp³-hybridized carbons (Fsp3) is 0.615. The molecule has 1 unspecified atom stereocenters. The van der Waals surface area contributed by atoms with Gasteiger partial charge >= 0.3 is 0 Å². The standard InChI is InChI=1S/C13H18BrNO/c1-4-12(14)13(16)11-7-8(2)15(9(11)3)10-5-6-10/h7,10,12H,4-6H2,1-3H3. The van der Waals surface area contributed by atoms with Crippen molar-refractivity contribution >= 4 is 21.7 Å². The van der Waals surface area contributed by atoms with Gasteiger partial charge in [0.2, 0.25) is 0 Å². The average molecular weight is 284 g/mol. The summed E-state index contributed by atoms with van der Waals surface area (Å²) in [6, 6.07) is 2.69. The van der Waals surface area contributed by atoms with Crippen molar-refractivity contribution in [3.63, 3.8) is 0 Å². The van der Waals surface area contributed by atoms with Gasteiger partial charge in [-0.1, -0.05) is 22.9 Å². The first-order valence-corrected chi connectivity index (χ1v) is 6.84. The number of alkyl halides is 1. The van der Waals surface area contributed by atoms with E-state index in [0.29, 0.717) is 6.04 Å². The Balaban J connectivity index is 2.35. The van der Waals surface area contributed by atoms with Crippen LogP contribution in [-0.4, -0.2) is 15.2 Å². The second-order valence-corrected chi connectivity index (χ2v) is 5.73. The van der Waals surface area contributed by atoms with Crippen molar-refractivity contribution in [3.8, 4) is 0 Å². The lowest BCUT2D eigenvalue weighted by Gasteiger charge is -2.08. The Bertz CT molecular complexity index is 418. The van der Waals surface area contributed by atoms with Crippen LogP contribution in [0.2, 0.25) is 0 Å². The van der Waals surface area contributed by atoms with Crippen LogP contribution < -0.4 is 0 Å². The Kier molecular flexibility index (Phi) is 3.24. The number of rotatable bonds is 4. The minimum Gasteiger partial charge on any atom is -0.345 e. The minimum absolute atomic E-state index is 0.0411. The van der Waals surface area contributed by atoms with Crippen LogP contribution in [-0.2, 0) is 0 Å². The number of aryl methyl sites for hydroxylation is 1. The molecule has 1 aliphatic carbocycles. The molecule has 0 N–H and O–H groups in total. The second kappa shape index (κ2) is 4.36. The van der Waals surface area contributed by atoms with Crippen molar-refractivity contribution in [1.29, 1.82) is 0 Å². The lowest BCUT2D eigenvalue weighted by molar-refractivity contribution is 0.0989. The van der Waals surface area contributed by atoms with Crippen LogP contribution >= 0.6 is 15.9 Å². The summed E-state index contributed by atoms with van der Waals surface area (Å²) in [5, 5.41) is 0. The van der Waals surface area contributed by atoms with E-state index >= 15 is 0 Å². The summed E-state index contributed by atoms with van der Waals surface area (Å²) < 4.78 is 2.32. The molecule has 88 valence electrons. The van der Waals surface area contributed by atoms with E-state index in [2.05, 4.69) is 34.3 Å². The molecule has 1 aromatic rings. The maximum Gasteiger partial charge on any atom is 0.178 e. The third kappa shape index (κ3) is 1.97. The first-order valence-electron chi connectivity index (χ1n) is 5.93. The topological polar surface area (TPSA) is 22.0 Å². The Hall–Kier alpha value is -0.570. The van der Waals surface area contributed by atoms with Gasteiger partial charge in [0.15, 0.2) is 5.78 Å². The molecule has 0 aromatic carbocycles. The molecule has 0 spiro atoms. The predicted molar refractivity (Wildman–Crippen MR) is 69.5 cm³/mol. The summed E-state index contributed by atoms with van der Waals surface area (Å²) in [5.74, 6) is 0.225. The summed E-state index contributed by atoms with van der Waals surface area (Å²) in [4.78, 5) is 12.1. The third-order valence-corrected chi connectivity index (χ3v) is 4.37. The molecule has 1 saturated carbocycles. The van der Waals surface area contributed by atoms with E-state index in [0.717, 1.165) is 17.7 Å². The Morgan fingerprint density at radius 3 is 2.69 bits per heavy atom. The average Bonchev–Trinajstić information content (AvgIpc) is 3.04. The summed E-state index contributed by atoms with van der Waals surface area (Å²) >= 11 is 3.44. The Morgan fingerprint density at radius 2 is 2.19 bits per heavy atom. The number of nitrogens with zero attached hydrogens (tertiary/aromatic N) is 1. The van der Waals surface area contributed by atoms with Crippen LogP contribution in [0.25, 0.3) is 0 Å². The van der Waals surface area contributed by atoms with Crippen molar-refractivity contribution < 1.29 is 4.79 Å². The fourth-order valence-corrected chi connectivity index (χ4v) is 2.52. The summed E-state index contributed by atoms with van der Waals surface area (Å²) in [6.07, 6.45) is 3.36. The summed E-state index contributed by atoms with van der Waals surface area (Å²) in [6.45, 7) is 6.18. The van der Waals surface area contributed by atoms with Crippen molar-refractivity contribution in [2.45, 2.75) is 50.9 Å². The van der Waals surface area contributed by atoms with Crippen LogP contribution in [0, 0.1) is 13.8 Å². The maximum atomic E-state index is 12.1.